The molecule has 23 heavy (non-hydrogen) atoms. The summed E-state index contributed by atoms with van der Waals surface area (Å²) >= 11 is 0. The first kappa shape index (κ1) is 16.5. The van der Waals surface area contributed by atoms with Crippen molar-refractivity contribution in [3.63, 3.8) is 0 Å². The molecule has 2 atom stereocenters. The van der Waals surface area contributed by atoms with Gasteiger partial charge in [-0.25, -0.2) is 0 Å². The number of H-pyrrole nitrogens is 1. The molecule has 1 fully saturated rings. The number of rotatable bonds is 6. The first-order valence-corrected chi connectivity index (χ1v) is 9.10. The van der Waals surface area contributed by atoms with Crippen molar-refractivity contribution in [3.8, 4) is 0 Å². The number of aromatic amines is 1. The van der Waals surface area contributed by atoms with Gasteiger partial charge in [-0.1, -0.05) is 45.4 Å². The Morgan fingerprint density at radius 1 is 1.17 bits per heavy atom. The molecular weight excluding hydrogens is 284 g/mol. The van der Waals surface area contributed by atoms with Gasteiger partial charge in [0.05, 0.1) is 5.60 Å². The third-order valence-electron chi connectivity index (χ3n) is 5.74. The van der Waals surface area contributed by atoms with Crippen molar-refractivity contribution in [2.45, 2.75) is 70.7 Å². The van der Waals surface area contributed by atoms with Crippen LogP contribution in [-0.2, 0) is 11.2 Å². The molecule has 0 aliphatic carbocycles. The van der Waals surface area contributed by atoms with E-state index in [1.165, 1.54) is 22.9 Å². The molecule has 3 heteroatoms. The number of ether oxygens (including phenoxy) is 1. The van der Waals surface area contributed by atoms with E-state index in [1.54, 1.807) is 0 Å². The van der Waals surface area contributed by atoms with Crippen LogP contribution in [0.1, 0.15) is 52.0 Å². The highest BCUT2D eigenvalue weighted by Gasteiger charge is 2.49. The van der Waals surface area contributed by atoms with Crippen molar-refractivity contribution < 1.29 is 4.74 Å². The van der Waals surface area contributed by atoms with Crippen LogP contribution < -0.4 is 0 Å². The average Bonchev–Trinajstić information content (AvgIpc) is 3.10. The second-order valence-electron chi connectivity index (χ2n) is 6.88. The van der Waals surface area contributed by atoms with Crippen molar-refractivity contribution >= 4 is 10.9 Å². The smallest absolute Gasteiger partial charge is 0.111 e. The molecule has 0 saturated carbocycles. The zero-order valence-corrected chi connectivity index (χ0v) is 14.9. The minimum atomic E-state index is -0.0209. The lowest BCUT2D eigenvalue weighted by atomic mass is 9.84. The van der Waals surface area contributed by atoms with E-state index in [2.05, 4.69) is 68.2 Å². The lowest BCUT2D eigenvalue weighted by Crippen LogP contribution is -2.45. The maximum Gasteiger partial charge on any atom is 0.111 e. The van der Waals surface area contributed by atoms with Gasteiger partial charge in [-0.05, 0) is 44.4 Å². The number of hydrogen-bond donors (Lipinski definition) is 1. The van der Waals surface area contributed by atoms with Crippen LogP contribution in [-0.4, -0.2) is 34.8 Å². The Bertz CT molecular complexity index is 644. The maximum absolute atomic E-state index is 6.59. The van der Waals surface area contributed by atoms with Gasteiger partial charge in [0.1, 0.15) is 6.23 Å². The Balaban J connectivity index is 1.92. The fourth-order valence-corrected chi connectivity index (χ4v) is 4.24. The normalized spacial score (nSPS) is 24.5. The fraction of sp³-hybridized carbons (Fsp3) is 0.600. The molecular formula is C20H30N2O. The Morgan fingerprint density at radius 3 is 2.61 bits per heavy atom. The van der Waals surface area contributed by atoms with Crippen LogP contribution in [0.5, 0.6) is 0 Å². The van der Waals surface area contributed by atoms with Crippen LogP contribution >= 0.6 is 0 Å². The van der Waals surface area contributed by atoms with Gasteiger partial charge in [-0.2, -0.15) is 0 Å². The quantitative estimate of drug-likeness (QED) is 0.835. The summed E-state index contributed by atoms with van der Waals surface area (Å²) in [5, 5.41) is 1.35. The molecule has 3 nitrogen and oxygen atoms in total. The zero-order valence-electron chi connectivity index (χ0n) is 14.9. The molecule has 0 spiro atoms. The topological polar surface area (TPSA) is 28.3 Å². The number of para-hydroxylation sites is 1. The molecule has 0 bridgehead atoms. The highest BCUT2D eigenvalue weighted by atomic mass is 16.5. The summed E-state index contributed by atoms with van der Waals surface area (Å²) in [7, 11) is 2.24. The number of likely N-dealkylation sites (N-methyl/N-ethyl adjacent to an activating group) is 1. The molecule has 1 aliphatic rings. The molecule has 0 amide bonds. The Morgan fingerprint density at radius 2 is 1.91 bits per heavy atom. The van der Waals surface area contributed by atoms with Crippen LogP contribution in [0.25, 0.3) is 10.9 Å². The monoisotopic (exact) mass is 314 g/mol. The number of nitrogens with zero attached hydrogens (tertiary/aromatic N) is 1. The fourth-order valence-electron chi connectivity index (χ4n) is 4.24. The van der Waals surface area contributed by atoms with Gasteiger partial charge >= 0.3 is 0 Å². The second-order valence-corrected chi connectivity index (χ2v) is 6.88. The third-order valence-corrected chi connectivity index (χ3v) is 5.74. The number of benzene rings is 1. The van der Waals surface area contributed by atoms with Crippen molar-refractivity contribution in [2.24, 2.45) is 0 Å². The molecule has 0 radical (unpaired) electrons. The van der Waals surface area contributed by atoms with Gasteiger partial charge in [-0.15, -0.1) is 0 Å². The summed E-state index contributed by atoms with van der Waals surface area (Å²) in [4.78, 5) is 5.90. The summed E-state index contributed by atoms with van der Waals surface area (Å²) in [5.41, 5.74) is 2.62. The van der Waals surface area contributed by atoms with Gasteiger partial charge < -0.3 is 9.72 Å². The standard InChI is InChI=1S/C20H30N2O/c1-5-10-19-22(4)18(20(6-2,7-3)23-19)13-15-14-21-17-12-9-8-11-16(15)17/h8-9,11-12,14,18-19,21H,5-7,10,13H2,1-4H3/t18-,19-/m0/s1. The van der Waals surface area contributed by atoms with Crippen LogP contribution in [0.15, 0.2) is 30.5 Å². The SMILES string of the molecule is CCC[C@@H]1OC(CC)(CC)[C@H](Cc2c[nH]c3ccccc23)N1C. The molecule has 1 aliphatic heterocycles. The van der Waals surface area contributed by atoms with E-state index < -0.39 is 0 Å². The van der Waals surface area contributed by atoms with Gasteiger partial charge in [0.2, 0.25) is 0 Å². The van der Waals surface area contributed by atoms with E-state index in [9.17, 15) is 0 Å². The largest absolute Gasteiger partial charge is 0.361 e. The van der Waals surface area contributed by atoms with Crippen molar-refractivity contribution in [1.82, 2.24) is 9.88 Å². The first-order valence-electron chi connectivity index (χ1n) is 9.10. The van der Waals surface area contributed by atoms with E-state index in [-0.39, 0.29) is 11.8 Å². The summed E-state index contributed by atoms with van der Waals surface area (Å²) < 4.78 is 6.59. The molecule has 1 aromatic carbocycles. The second kappa shape index (κ2) is 6.66. The van der Waals surface area contributed by atoms with E-state index in [0.717, 1.165) is 25.7 Å². The predicted octanol–water partition coefficient (Wildman–Crippen LogP) is 4.73. The van der Waals surface area contributed by atoms with Gasteiger partial charge in [0.25, 0.3) is 0 Å². The Kier molecular flexibility index (Phi) is 4.79. The summed E-state index contributed by atoms with van der Waals surface area (Å²) in [6.07, 6.45) is 7.91. The molecule has 0 unspecified atom stereocenters. The molecule has 1 saturated heterocycles. The third kappa shape index (κ3) is 2.81. The molecule has 1 N–H and O–H groups in total. The molecule has 1 aromatic heterocycles. The number of aromatic nitrogens is 1. The van der Waals surface area contributed by atoms with Gasteiger partial charge in [0, 0.05) is 23.1 Å². The zero-order chi connectivity index (χ0) is 16.4. The summed E-state index contributed by atoms with van der Waals surface area (Å²) in [6.45, 7) is 6.78. The Hall–Kier alpha value is -1.32. The van der Waals surface area contributed by atoms with Crippen LogP contribution in [0.3, 0.4) is 0 Å². The van der Waals surface area contributed by atoms with Crippen LogP contribution in [0.2, 0.25) is 0 Å². The highest BCUT2D eigenvalue weighted by Crippen LogP contribution is 2.40. The Labute approximate surface area is 140 Å². The molecule has 126 valence electrons. The molecule has 2 aromatic rings. The van der Waals surface area contributed by atoms with Crippen molar-refractivity contribution in [2.75, 3.05) is 7.05 Å². The van der Waals surface area contributed by atoms with E-state index in [4.69, 9.17) is 4.74 Å². The maximum atomic E-state index is 6.59. The van der Waals surface area contributed by atoms with E-state index in [1.807, 2.05) is 0 Å². The highest BCUT2D eigenvalue weighted by molar-refractivity contribution is 5.83. The van der Waals surface area contributed by atoms with E-state index in [0.29, 0.717) is 6.04 Å². The van der Waals surface area contributed by atoms with Gasteiger partial charge in [-0.3, -0.25) is 4.90 Å². The van der Waals surface area contributed by atoms with Crippen LogP contribution in [0.4, 0.5) is 0 Å². The molecule has 2 heterocycles. The minimum absolute atomic E-state index is 0.0209. The minimum Gasteiger partial charge on any atom is -0.361 e. The number of nitrogens with one attached hydrogen (secondary N) is 1. The van der Waals surface area contributed by atoms with Crippen LogP contribution in [0, 0.1) is 0 Å². The van der Waals surface area contributed by atoms with Crippen molar-refractivity contribution in [3.05, 3.63) is 36.0 Å². The molecule has 3 rings (SSSR count). The lowest BCUT2D eigenvalue weighted by Gasteiger charge is -2.33. The van der Waals surface area contributed by atoms with Gasteiger partial charge in [0.15, 0.2) is 0 Å². The predicted molar refractivity (Wildman–Crippen MR) is 96.6 cm³/mol. The number of hydrogen-bond acceptors (Lipinski definition) is 2. The summed E-state index contributed by atoms with van der Waals surface area (Å²) in [6, 6.07) is 9.03. The first-order chi connectivity index (χ1) is 11.1. The summed E-state index contributed by atoms with van der Waals surface area (Å²) in [5.74, 6) is 0. The van der Waals surface area contributed by atoms with Crippen molar-refractivity contribution in [1.29, 1.82) is 0 Å². The lowest BCUT2D eigenvalue weighted by molar-refractivity contribution is -0.0651. The number of fused-ring (bicyclic) bond motifs is 1. The average molecular weight is 314 g/mol. The van der Waals surface area contributed by atoms with E-state index >= 15 is 0 Å².